The van der Waals surface area contributed by atoms with Crippen LogP contribution < -0.4 is 4.74 Å². The molecule has 0 saturated heterocycles. The molecule has 2 aromatic carbocycles. The van der Waals surface area contributed by atoms with E-state index >= 15 is 0 Å². The average Bonchev–Trinajstić information content (AvgIpc) is 2.46. The summed E-state index contributed by atoms with van der Waals surface area (Å²) in [7, 11) is 0. The highest BCUT2D eigenvalue weighted by molar-refractivity contribution is 6.31. The molecule has 0 aliphatic heterocycles. The smallest absolute Gasteiger partial charge is 0.304 e. The molecule has 110 valence electrons. The summed E-state index contributed by atoms with van der Waals surface area (Å²) < 4.78 is 19.0. The van der Waals surface area contributed by atoms with Crippen molar-refractivity contribution in [3.05, 3.63) is 68.5 Å². The van der Waals surface area contributed by atoms with E-state index in [1.54, 1.807) is 12.1 Å². The highest BCUT2D eigenvalue weighted by atomic mass is 35.5. The van der Waals surface area contributed by atoms with Crippen LogP contribution in [0.25, 0.3) is 0 Å². The first-order valence-electron chi connectivity index (χ1n) is 6.35. The van der Waals surface area contributed by atoms with Gasteiger partial charge in [-0.2, -0.15) is 4.39 Å². The molecular weight excluding hydrogens is 297 g/mol. The van der Waals surface area contributed by atoms with Crippen LogP contribution in [0.5, 0.6) is 5.75 Å². The van der Waals surface area contributed by atoms with Gasteiger partial charge in [0.05, 0.1) is 4.92 Å². The molecule has 0 aliphatic rings. The van der Waals surface area contributed by atoms with Gasteiger partial charge in [0.15, 0.2) is 0 Å². The molecule has 0 saturated carbocycles. The van der Waals surface area contributed by atoms with E-state index in [4.69, 9.17) is 16.3 Å². The summed E-state index contributed by atoms with van der Waals surface area (Å²) in [6, 6.07) is 9.00. The van der Waals surface area contributed by atoms with Gasteiger partial charge in [0.2, 0.25) is 5.82 Å². The van der Waals surface area contributed by atoms with Gasteiger partial charge in [-0.25, -0.2) is 0 Å². The second-order valence-electron chi connectivity index (χ2n) is 4.44. The van der Waals surface area contributed by atoms with E-state index in [2.05, 4.69) is 0 Å². The molecule has 0 unspecified atom stereocenters. The third-order valence-corrected chi connectivity index (χ3v) is 3.38. The van der Waals surface area contributed by atoms with Crippen LogP contribution in [-0.2, 0) is 13.0 Å². The average molecular weight is 310 g/mol. The Kier molecular flexibility index (Phi) is 4.75. The van der Waals surface area contributed by atoms with Crippen molar-refractivity contribution < 1.29 is 14.1 Å². The van der Waals surface area contributed by atoms with E-state index < -0.39 is 16.4 Å². The predicted molar refractivity (Wildman–Crippen MR) is 78.2 cm³/mol. The number of aryl methyl sites for hydroxylation is 1. The molecule has 0 N–H and O–H groups in total. The molecule has 0 aromatic heterocycles. The lowest BCUT2D eigenvalue weighted by molar-refractivity contribution is -0.387. The van der Waals surface area contributed by atoms with Gasteiger partial charge in [-0.15, -0.1) is 0 Å². The minimum absolute atomic E-state index is 0.125. The van der Waals surface area contributed by atoms with Crippen LogP contribution in [0, 0.1) is 15.9 Å². The first-order valence-corrected chi connectivity index (χ1v) is 6.73. The van der Waals surface area contributed by atoms with E-state index in [0.29, 0.717) is 16.3 Å². The molecular formula is C15H13ClFNO3. The Morgan fingerprint density at radius 1 is 1.29 bits per heavy atom. The van der Waals surface area contributed by atoms with Crippen molar-refractivity contribution >= 4 is 17.3 Å². The van der Waals surface area contributed by atoms with Gasteiger partial charge in [0, 0.05) is 11.1 Å². The van der Waals surface area contributed by atoms with Crippen LogP contribution in [0.15, 0.2) is 36.4 Å². The number of hydrogen-bond donors (Lipinski definition) is 0. The Balaban J connectivity index is 2.09. The van der Waals surface area contributed by atoms with E-state index in [-0.39, 0.29) is 6.61 Å². The minimum atomic E-state index is -0.869. The van der Waals surface area contributed by atoms with Crippen molar-refractivity contribution in [2.75, 3.05) is 0 Å². The summed E-state index contributed by atoms with van der Waals surface area (Å²) in [5.41, 5.74) is 0.939. The number of nitro groups is 1. The molecule has 0 radical (unpaired) electrons. The van der Waals surface area contributed by atoms with Crippen LogP contribution >= 0.6 is 11.6 Å². The molecule has 0 spiro atoms. The molecule has 0 fully saturated rings. The van der Waals surface area contributed by atoms with Crippen molar-refractivity contribution in [2.45, 2.75) is 20.0 Å². The number of rotatable bonds is 5. The zero-order valence-electron chi connectivity index (χ0n) is 11.3. The van der Waals surface area contributed by atoms with Crippen molar-refractivity contribution in [3.8, 4) is 5.75 Å². The van der Waals surface area contributed by atoms with Crippen LogP contribution in [0.2, 0.25) is 5.02 Å². The molecule has 0 atom stereocenters. The van der Waals surface area contributed by atoms with E-state index in [1.807, 2.05) is 13.0 Å². The predicted octanol–water partition coefficient (Wildman–Crippen LogP) is 4.53. The third-order valence-electron chi connectivity index (χ3n) is 3.01. The van der Waals surface area contributed by atoms with Gasteiger partial charge < -0.3 is 4.74 Å². The van der Waals surface area contributed by atoms with Crippen molar-refractivity contribution in [3.63, 3.8) is 0 Å². The van der Waals surface area contributed by atoms with E-state index in [0.717, 1.165) is 24.1 Å². The number of hydrogen-bond acceptors (Lipinski definition) is 3. The zero-order valence-corrected chi connectivity index (χ0v) is 12.1. The lowest BCUT2D eigenvalue weighted by atomic mass is 10.1. The van der Waals surface area contributed by atoms with Crippen molar-refractivity contribution in [1.82, 2.24) is 0 Å². The maximum atomic E-state index is 13.5. The van der Waals surface area contributed by atoms with Crippen LogP contribution in [0.4, 0.5) is 10.1 Å². The standard InChI is InChI=1S/C15H13ClFNO3/c1-2-11-8-12(4-5-13(11)16)21-9-10-3-6-15(18(19)20)14(17)7-10/h3-8H,2,9H2,1H3. The van der Waals surface area contributed by atoms with E-state index in [1.165, 1.54) is 6.07 Å². The summed E-state index contributed by atoms with van der Waals surface area (Å²) in [4.78, 5) is 9.78. The van der Waals surface area contributed by atoms with Gasteiger partial charge in [-0.05, 0) is 47.9 Å². The lowest BCUT2D eigenvalue weighted by Gasteiger charge is -2.09. The fourth-order valence-electron chi connectivity index (χ4n) is 1.87. The lowest BCUT2D eigenvalue weighted by Crippen LogP contribution is -1.99. The Morgan fingerprint density at radius 3 is 2.67 bits per heavy atom. The molecule has 2 rings (SSSR count). The molecule has 21 heavy (non-hydrogen) atoms. The number of nitrogens with zero attached hydrogens (tertiary/aromatic N) is 1. The Morgan fingerprint density at radius 2 is 2.05 bits per heavy atom. The maximum absolute atomic E-state index is 13.5. The molecule has 2 aromatic rings. The fraction of sp³-hybridized carbons (Fsp3) is 0.200. The first kappa shape index (κ1) is 15.3. The second-order valence-corrected chi connectivity index (χ2v) is 4.85. The Labute approximate surface area is 126 Å². The van der Waals surface area contributed by atoms with E-state index in [9.17, 15) is 14.5 Å². The van der Waals surface area contributed by atoms with Gasteiger partial charge in [0.1, 0.15) is 12.4 Å². The maximum Gasteiger partial charge on any atom is 0.304 e. The van der Waals surface area contributed by atoms with Gasteiger partial charge >= 0.3 is 5.69 Å². The fourth-order valence-corrected chi connectivity index (χ4v) is 2.12. The van der Waals surface area contributed by atoms with Gasteiger partial charge in [-0.1, -0.05) is 18.5 Å². The molecule has 0 bridgehead atoms. The Bertz CT molecular complexity index is 676. The monoisotopic (exact) mass is 309 g/mol. The third kappa shape index (κ3) is 3.70. The number of benzene rings is 2. The highest BCUT2D eigenvalue weighted by Gasteiger charge is 2.13. The highest BCUT2D eigenvalue weighted by Crippen LogP contribution is 2.24. The number of ether oxygens (including phenoxy) is 1. The summed E-state index contributed by atoms with van der Waals surface area (Å²) in [6.07, 6.45) is 0.780. The molecule has 0 amide bonds. The normalized spacial score (nSPS) is 10.4. The SMILES string of the molecule is CCc1cc(OCc2ccc([N+](=O)[O-])c(F)c2)ccc1Cl. The summed E-state index contributed by atoms with van der Waals surface area (Å²) in [5, 5.41) is 11.2. The molecule has 4 nitrogen and oxygen atoms in total. The quantitative estimate of drug-likeness (QED) is 0.602. The Hall–Kier alpha value is -2.14. The topological polar surface area (TPSA) is 52.4 Å². The summed E-state index contributed by atoms with van der Waals surface area (Å²) >= 11 is 6.01. The van der Waals surface area contributed by atoms with Crippen molar-refractivity contribution in [1.29, 1.82) is 0 Å². The largest absolute Gasteiger partial charge is 0.489 e. The minimum Gasteiger partial charge on any atom is -0.489 e. The number of halogens is 2. The summed E-state index contributed by atoms with van der Waals surface area (Å²) in [5.74, 6) is -0.249. The number of nitro benzene ring substituents is 1. The van der Waals surface area contributed by atoms with Crippen molar-refractivity contribution in [2.24, 2.45) is 0 Å². The molecule has 0 heterocycles. The van der Waals surface area contributed by atoms with Crippen LogP contribution in [-0.4, -0.2) is 4.92 Å². The molecule has 6 heteroatoms. The molecule has 0 aliphatic carbocycles. The van der Waals surface area contributed by atoms with Crippen LogP contribution in [0.3, 0.4) is 0 Å². The van der Waals surface area contributed by atoms with Gasteiger partial charge in [0.25, 0.3) is 0 Å². The first-order chi connectivity index (χ1) is 10.0. The second kappa shape index (κ2) is 6.54. The van der Waals surface area contributed by atoms with Gasteiger partial charge in [-0.3, -0.25) is 10.1 Å². The zero-order chi connectivity index (χ0) is 15.4. The van der Waals surface area contributed by atoms with Crippen LogP contribution in [0.1, 0.15) is 18.1 Å². The summed E-state index contributed by atoms with van der Waals surface area (Å²) in [6.45, 7) is 2.11.